The molecule has 0 spiro atoms. The molecule has 0 saturated carbocycles. The van der Waals surface area contributed by atoms with Gasteiger partial charge >= 0.3 is 6.18 Å². The van der Waals surface area contributed by atoms with Crippen molar-refractivity contribution >= 4 is 0 Å². The molecule has 1 fully saturated rings. The predicted octanol–water partition coefficient (Wildman–Crippen LogP) is 4.40. The number of alkyl halides is 3. The number of aromatic nitrogens is 1. The van der Waals surface area contributed by atoms with Gasteiger partial charge in [0, 0.05) is 18.7 Å². The highest BCUT2D eigenvalue weighted by Gasteiger charge is 2.31. The molecule has 0 aliphatic carbocycles. The molecule has 25 heavy (non-hydrogen) atoms. The summed E-state index contributed by atoms with van der Waals surface area (Å²) in [5, 5.41) is 9.07. The number of aryl methyl sites for hydroxylation is 1. The standard InChI is InChI=1S/C18H18F3N3O/c1-12-16(11-24-7-3-4-13(9-22)10-24)23-17(25-12)14-5-2-6-15(8-14)18(19,20)21/h2,5-6,8,13H,3-4,7,10-11H2,1H3. The maximum absolute atomic E-state index is 12.9. The number of halogens is 3. The molecule has 0 N–H and O–H groups in total. The SMILES string of the molecule is Cc1oc(-c2cccc(C(F)(F)F)c2)nc1CN1CCCC(C#N)C1. The summed E-state index contributed by atoms with van der Waals surface area (Å²) in [5.41, 5.74) is 0.277. The summed E-state index contributed by atoms with van der Waals surface area (Å²) < 4.78 is 44.2. The molecule has 1 unspecified atom stereocenters. The van der Waals surface area contributed by atoms with Gasteiger partial charge in [0.15, 0.2) is 0 Å². The Morgan fingerprint density at radius 1 is 1.40 bits per heavy atom. The van der Waals surface area contributed by atoms with Crippen molar-refractivity contribution in [3.8, 4) is 17.5 Å². The van der Waals surface area contributed by atoms with Crippen molar-refractivity contribution in [1.29, 1.82) is 5.26 Å². The third-order valence-electron chi connectivity index (χ3n) is 4.39. The first-order chi connectivity index (χ1) is 11.9. The maximum atomic E-state index is 12.9. The van der Waals surface area contributed by atoms with Crippen LogP contribution in [0.25, 0.3) is 11.5 Å². The minimum atomic E-state index is -4.40. The van der Waals surface area contributed by atoms with Crippen molar-refractivity contribution in [2.75, 3.05) is 13.1 Å². The van der Waals surface area contributed by atoms with E-state index in [1.165, 1.54) is 6.07 Å². The summed E-state index contributed by atoms with van der Waals surface area (Å²) in [6.45, 7) is 3.85. The summed E-state index contributed by atoms with van der Waals surface area (Å²) in [4.78, 5) is 6.53. The van der Waals surface area contributed by atoms with Gasteiger partial charge in [-0.25, -0.2) is 4.98 Å². The Morgan fingerprint density at radius 3 is 2.92 bits per heavy atom. The van der Waals surface area contributed by atoms with Gasteiger partial charge in [0.1, 0.15) is 5.76 Å². The molecule has 2 aromatic rings. The van der Waals surface area contributed by atoms with Gasteiger partial charge in [-0.3, -0.25) is 4.90 Å². The largest absolute Gasteiger partial charge is 0.441 e. The molecule has 7 heteroatoms. The molecule has 3 rings (SSSR count). The first kappa shape index (κ1) is 17.5. The summed E-state index contributed by atoms with van der Waals surface area (Å²) in [6, 6.07) is 7.26. The van der Waals surface area contributed by atoms with Gasteiger partial charge in [-0.05, 0) is 44.5 Å². The van der Waals surface area contributed by atoms with Gasteiger partial charge in [-0.15, -0.1) is 0 Å². The number of nitrogens with zero attached hydrogens (tertiary/aromatic N) is 3. The van der Waals surface area contributed by atoms with E-state index in [2.05, 4.69) is 16.0 Å². The summed E-state index contributed by atoms with van der Waals surface area (Å²) in [7, 11) is 0. The Kier molecular flexibility index (Phi) is 4.82. The van der Waals surface area contributed by atoms with Crippen molar-refractivity contribution in [3.63, 3.8) is 0 Å². The number of hydrogen-bond donors (Lipinski definition) is 0. The monoisotopic (exact) mass is 349 g/mol. The summed E-state index contributed by atoms with van der Waals surface area (Å²) in [5.74, 6) is 0.794. The fourth-order valence-electron chi connectivity index (χ4n) is 3.04. The lowest BCUT2D eigenvalue weighted by Gasteiger charge is -2.28. The molecule has 1 aliphatic rings. The van der Waals surface area contributed by atoms with E-state index in [1.54, 1.807) is 13.0 Å². The number of rotatable bonds is 3. The van der Waals surface area contributed by atoms with E-state index in [0.29, 0.717) is 30.1 Å². The lowest BCUT2D eigenvalue weighted by molar-refractivity contribution is -0.137. The molecular weight excluding hydrogens is 331 g/mol. The Balaban J connectivity index is 1.80. The first-order valence-electron chi connectivity index (χ1n) is 8.12. The minimum absolute atomic E-state index is 0.0175. The molecule has 0 radical (unpaired) electrons. The maximum Gasteiger partial charge on any atom is 0.416 e. The highest BCUT2D eigenvalue weighted by molar-refractivity contribution is 5.55. The van der Waals surface area contributed by atoms with Crippen LogP contribution in [0.15, 0.2) is 28.7 Å². The van der Waals surface area contributed by atoms with Gasteiger partial charge in [-0.2, -0.15) is 18.4 Å². The lowest BCUT2D eigenvalue weighted by Crippen LogP contribution is -2.34. The van der Waals surface area contributed by atoms with E-state index < -0.39 is 11.7 Å². The second kappa shape index (κ2) is 6.89. The molecule has 132 valence electrons. The predicted molar refractivity (Wildman–Crippen MR) is 85.3 cm³/mol. The van der Waals surface area contributed by atoms with Crippen LogP contribution < -0.4 is 0 Å². The van der Waals surface area contributed by atoms with Crippen LogP contribution in [-0.4, -0.2) is 23.0 Å². The quantitative estimate of drug-likeness (QED) is 0.824. The van der Waals surface area contributed by atoms with Gasteiger partial charge in [0.05, 0.1) is 23.2 Å². The van der Waals surface area contributed by atoms with Gasteiger partial charge in [-0.1, -0.05) is 6.07 Å². The molecule has 1 aromatic carbocycles. The van der Waals surface area contributed by atoms with E-state index in [1.807, 2.05) is 0 Å². The van der Waals surface area contributed by atoms with Crippen molar-refractivity contribution in [1.82, 2.24) is 9.88 Å². The third kappa shape index (κ3) is 4.02. The second-order valence-corrected chi connectivity index (χ2v) is 6.30. The van der Waals surface area contributed by atoms with Gasteiger partial charge < -0.3 is 4.42 Å². The molecule has 0 amide bonds. The zero-order valence-electron chi connectivity index (χ0n) is 13.8. The zero-order chi connectivity index (χ0) is 18.0. The van der Waals surface area contributed by atoms with Crippen LogP contribution in [-0.2, 0) is 12.7 Å². The normalized spacial score (nSPS) is 18.9. The number of piperidine rings is 1. The smallest absolute Gasteiger partial charge is 0.416 e. The van der Waals surface area contributed by atoms with Crippen LogP contribution in [0.5, 0.6) is 0 Å². The minimum Gasteiger partial charge on any atom is -0.441 e. The van der Waals surface area contributed by atoms with Crippen molar-refractivity contribution < 1.29 is 17.6 Å². The van der Waals surface area contributed by atoms with Crippen molar-refractivity contribution in [2.24, 2.45) is 5.92 Å². The number of nitriles is 1. The zero-order valence-corrected chi connectivity index (χ0v) is 13.8. The highest BCUT2D eigenvalue weighted by atomic mass is 19.4. The van der Waals surface area contributed by atoms with Crippen LogP contribution in [0.4, 0.5) is 13.2 Å². The number of likely N-dealkylation sites (tertiary alicyclic amines) is 1. The Bertz CT molecular complexity index is 792. The molecule has 1 saturated heterocycles. The van der Waals surface area contributed by atoms with Crippen LogP contribution in [0.2, 0.25) is 0 Å². The van der Waals surface area contributed by atoms with E-state index in [9.17, 15) is 13.2 Å². The lowest BCUT2D eigenvalue weighted by atomic mass is 9.99. The molecule has 2 heterocycles. The Labute approximate surface area is 143 Å². The average molecular weight is 349 g/mol. The Morgan fingerprint density at radius 2 is 2.20 bits per heavy atom. The van der Waals surface area contributed by atoms with E-state index in [4.69, 9.17) is 9.68 Å². The van der Waals surface area contributed by atoms with Gasteiger partial charge in [0.2, 0.25) is 5.89 Å². The van der Waals surface area contributed by atoms with Crippen LogP contribution in [0.3, 0.4) is 0 Å². The van der Waals surface area contributed by atoms with Crippen LogP contribution in [0, 0.1) is 24.2 Å². The molecule has 1 aromatic heterocycles. The van der Waals surface area contributed by atoms with E-state index in [0.717, 1.165) is 31.5 Å². The fourth-order valence-corrected chi connectivity index (χ4v) is 3.04. The molecule has 1 aliphatic heterocycles. The second-order valence-electron chi connectivity index (χ2n) is 6.30. The van der Waals surface area contributed by atoms with E-state index in [-0.39, 0.29) is 11.8 Å². The van der Waals surface area contributed by atoms with Crippen molar-refractivity contribution in [2.45, 2.75) is 32.5 Å². The van der Waals surface area contributed by atoms with Gasteiger partial charge in [0.25, 0.3) is 0 Å². The molecule has 0 bridgehead atoms. The fraction of sp³-hybridized carbons (Fsp3) is 0.444. The number of oxazole rings is 1. The molecule has 4 nitrogen and oxygen atoms in total. The van der Waals surface area contributed by atoms with Crippen LogP contribution in [0.1, 0.15) is 29.9 Å². The van der Waals surface area contributed by atoms with E-state index >= 15 is 0 Å². The average Bonchev–Trinajstić information content (AvgIpc) is 2.95. The third-order valence-corrected chi connectivity index (χ3v) is 4.39. The summed E-state index contributed by atoms with van der Waals surface area (Å²) in [6.07, 6.45) is -2.55. The van der Waals surface area contributed by atoms with Crippen LogP contribution >= 0.6 is 0 Å². The number of hydrogen-bond acceptors (Lipinski definition) is 4. The highest BCUT2D eigenvalue weighted by Crippen LogP contribution is 2.32. The van der Waals surface area contributed by atoms with Crippen molar-refractivity contribution in [3.05, 3.63) is 41.3 Å². The molecular formula is C18H18F3N3O. The topological polar surface area (TPSA) is 53.1 Å². The number of benzene rings is 1. The first-order valence-corrected chi connectivity index (χ1v) is 8.12. The Hall–Kier alpha value is -2.33. The summed E-state index contributed by atoms with van der Waals surface area (Å²) >= 11 is 0. The molecule has 1 atom stereocenters.